The highest BCUT2D eigenvalue weighted by Crippen LogP contribution is 2.19. The standard InChI is InChI=1S/C15H15NO5/c17-12-5-3-11(4-6-12)16(10-15(19)20)14(18)8-7-13-2-1-9-21-13/h1-6,9,17H,7-8,10H2,(H,19,20). The van der Waals surface area contributed by atoms with Crippen molar-refractivity contribution in [1.82, 2.24) is 0 Å². The molecule has 6 heteroatoms. The Morgan fingerprint density at radius 3 is 2.43 bits per heavy atom. The Balaban J connectivity index is 2.09. The maximum absolute atomic E-state index is 12.2. The molecule has 2 N–H and O–H groups in total. The summed E-state index contributed by atoms with van der Waals surface area (Å²) in [5.74, 6) is -0.699. The molecule has 0 radical (unpaired) electrons. The number of phenolic OH excluding ortho intramolecular Hbond substituents is 1. The normalized spacial score (nSPS) is 10.3. The Bertz CT molecular complexity index is 604. The van der Waals surface area contributed by atoms with Crippen molar-refractivity contribution in [3.05, 3.63) is 48.4 Å². The highest BCUT2D eigenvalue weighted by Gasteiger charge is 2.19. The van der Waals surface area contributed by atoms with Gasteiger partial charge in [-0.05, 0) is 36.4 Å². The average molecular weight is 289 g/mol. The molecule has 0 spiro atoms. The molecule has 110 valence electrons. The molecule has 0 unspecified atom stereocenters. The van der Waals surface area contributed by atoms with Gasteiger partial charge in [-0.25, -0.2) is 0 Å². The topological polar surface area (TPSA) is 91.0 Å². The lowest BCUT2D eigenvalue weighted by atomic mass is 10.2. The van der Waals surface area contributed by atoms with Crippen molar-refractivity contribution < 1.29 is 24.2 Å². The Hall–Kier alpha value is -2.76. The first-order chi connectivity index (χ1) is 10.1. The van der Waals surface area contributed by atoms with E-state index in [2.05, 4.69) is 0 Å². The molecule has 0 fully saturated rings. The van der Waals surface area contributed by atoms with E-state index in [4.69, 9.17) is 9.52 Å². The van der Waals surface area contributed by atoms with Gasteiger partial charge >= 0.3 is 5.97 Å². The summed E-state index contributed by atoms with van der Waals surface area (Å²) in [5.41, 5.74) is 0.430. The van der Waals surface area contributed by atoms with Crippen LogP contribution in [0, 0.1) is 0 Å². The quantitative estimate of drug-likeness (QED) is 0.849. The van der Waals surface area contributed by atoms with Gasteiger partial charge in [0, 0.05) is 18.5 Å². The number of aliphatic carboxylic acids is 1. The molecule has 21 heavy (non-hydrogen) atoms. The summed E-state index contributed by atoms with van der Waals surface area (Å²) < 4.78 is 5.15. The first-order valence-corrected chi connectivity index (χ1v) is 6.40. The smallest absolute Gasteiger partial charge is 0.323 e. The van der Waals surface area contributed by atoms with Crippen LogP contribution in [0.5, 0.6) is 5.75 Å². The van der Waals surface area contributed by atoms with Gasteiger partial charge in [-0.1, -0.05) is 0 Å². The highest BCUT2D eigenvalue weighted by atomic mass is 16.4. The zero-order chi connectivity index (χ0) is 15.2. The van der Waals surface area contributed by atoms with Gasteiger partial charge in [0.15, 0.2) is 0 Å². The number of aromatic hydroxyl groups is 1. The molecule has 6 nitrogen and oxygen atoms in total. The van der Waals surface area contributed by atoms with E-state index < -0.39 is 12.5 Å². The van der Waals surface area contributed by atoms with Crippen LogP contribution in [0.2, 0.25) is 0 Å². The Kier molecular flexibility index (Phi) is 4.61. The molecule has 0 saturated carbocycles. The summed E-state index contributed by atoms with van der Waals surface area (Å²) in [4.78, 5) is 24.3. The van der Waals surface area contributed by atoms with E-state index in [0.29, 0.717) is 17.9 Å². The van der Waals surface area contributed by atoms with Gasteiger partial charge in [0.25, 0.3) is 0 Å². The molecule has 2 rings (SSSR count). The number of hydrogen-bond acceptors (Lipinski definition) is 4. The van der Waals surface area contributed by atoms with Gasteiger partial charge in [0.1, 0.15) is 18.1 Å². The Morgan fingerprint density at radius 1 is 1.14 bits per heavy atom. The number of anilines is 1. The molecule has 0 aliphatic rings. The van der Waals surface area contributed by atoms with E-state index in [-0.39, 0.29) is 18.1 Å². The predicted molar refractivity (Wildman–Crippen MR) is 75.1 cm³/mol. The van der Waals surface area contributed by atoms with Gasteiger partial charge in [-0.3, -0.25) is 9.59 Å². The number of carboxylic acids is 1. The zero-order valence-corrected chi connectivity index (χ0v) is 11.2. The lowest BCUT2D eigenvalue weighted by Gasteiger charge is -2.20. The van der Waals surface area contributed by atoms with E-state index in [0.717, 1.165) is 0 Å². The second kappa shape index (κ2) is 6.60. The minimum Gasteiger partial charge on any atom is -0.508 e. The largest absolute Gasteiger partial charge is 0.508 e. The molecule has 0 atom stereocenters. The molecule has 0 aliphatic heterocycles. The van der Waals surface area contributed by atoms with Crippen LogP contribution < -0.4 is 4.90 Å². The third-order valence-corrected chi connectivity index (χ3v) is 2.92. The van der Waals surface area contributed by atoms with Gasteiger partial charge < -0.3 is 19.5 Å². The minimum atomic E-state index is -1.10. The number of hydrogen-bond donors (Lipinski definition) is 2. The van der Waals surface area contributed by atoms with Crippen molar-refractivity contribution in [1.29, 1.82) is 0 Å². The molecule has 2 aromatic rings. The maximum atomic E-state index is 12.2. The van der Waals surface area contributed by atoms with E-state index >= 15 is 0 Å². The van der Waals surface area contributed by atoms with Crippen LogP contribution in [-0.2, 0) is 16.0 Å². The number of carbonyl (C=O) groups excluding carboxylic acids is 1. The molecule has 1 aromatic carbocycles. The number of rotatable bonds is 6. The molecule has 0 saturated heterocycles. The third kappa shape index (κ3) is 4.10. The van der Waals surface area contributed by atoms with Crippen molar-refractivity contribution in [2.24, 2.45) is 0 Å². The van der Waals surface area contributed by atoms with Gasteiger partial charge in [0.2, 0.25) is 5.91 Å². The number of nitrogens with zero attached hydrogens (tertiary/aromatic N) is 1. The second-order valence-electron chi connectivity index (χ2n) is 4.47. The van der Waals surface area contributed by atoms with Crippen LogP contribution in [0.15, 0.2) is 47.1 Å². The number of benzene rings is 1. The second-order valence-corrected chi connectivity index (χ2v) is 4.47. The number of amides is 1. The van der Waals surface area contributed by atoms with Crippen molar-refractivity contribution in [3.63, 3.8) is 0 Å². The van der Waals surface area contributed by atoms with Crippen molar-refractivity contribution >= 4 is 17.6 Å². The highest BCUT2D eigenvalue weighted by molar-refractivity contribution is 5.97. The van der Waals surface area contributed by atoms with Crippen molar-refractivity contribution in [2.45, 2.75) is 12.8 Å². The minimum absolute atomic E-state index is 0.0528. The molecule has 0 bridgehead atoms. The molecular formula is C15H15NO5. The fourth-order valence-corrected chi connectivity index (χ4v) is 1.91. The first-order valence-electron chi connectivity index (χ1n) is 6.40. The Morgan fingerprint density at radius 2 is 1.86 bits per heavy atom. The lowest BCUT2D eigenvalue weighted by Crippen LogP contribution is -2.35. The van der Waals surface area contributed by atoms with Crippen LogP contribution in [-0.4, -0.2) is 28.6 Å². The number of carboxylic acid groups (broad SMARTS) is 1. The SMILES string of the molecule is O=C(O)CN(C(=O)CCc1ccco1)c1ccc(O)cc1. The van der Waals surface area contributed by atoms with Crippen LogP contribution in [0.25, 0.3) is 0 Å². The monoisotopic (exact) mass is 289 g/mol. The molecular weight excluding hydrogens is 274 g/mol. The van der Waals surface area contributed by atoms with Crippen LogP contribution in [0.1, 0.15) is 12.2 Å². The summed E-state index contributed by atoms with van der Waals surface area (Å²) in [7, 11) is 0. The fraction of sp³-hybridized carbons (Fsp3) is 0.200. The van der Waals surface area contributed by atoms with Crippen LogP contribution in [0.4, 0.5) is 5.69 Å². The molecule has 0 aliphatic carbocycles. The number of aryl methyl sites for hydroxylation is 1. The third-order valence-electron chi connectivity index (χ3n) is 2.92. The predicted octanol–water partition coefficient (Wildman–Crippen LogP) is 2.04. The summed E-state index contributed by atoms with van der Waals surface area (Å²) in [6.45, 7) is -0.429. The number of furan rings is 1. The van der Waals surface area contributed by atoms with Crippen molar-refractivity contribution in [2.75, 3.05) is 11.4 Å². The summed E-state index contributed by atoms with van der Waals surface area (Å²) >= 11 is 0. The van der Waals surface area contributed by atoms with Gasteiger partial charge in [-0.2, -0.15) is 0 Å². The Labute approximate surface area is 121 Å². The number of carbonyl (C=O) groups is 2. The van der Waals surface area contributed by atoms with E-state index in [1.165, 1.54) is 35.4 Å². The lowest BCUT2D eigenvalue weighted by molar-refractivity contribution is -0.136. The molecule has 1 heterocycles. The molecule has 1 aromatic heterocycles. The van der Waals surface area contributed by atoms with Gasteiger partial charge in [0.05, 0.1) is 6.26 Å². The van der Waals surface area contributed by atoms with Crippen LogP contribution >= 0.6 is 0 Å². The maximum Gasteiger partial charge on any atom is 0.323 e. The van der Waals surface area contributed by atoms with Crippen LogP contribution in [0.3, 0.4) is 0 Å². The van der Waals surface area contributed by atoms with E-state index in [9.17, 15) is 14.7 Å². The average Bonchev–Trinajstić information content (AvgIpc) is 2.96. The zero-order valence-electron chi connectivity index (χ0n) is 11.2. The summed E-state index contributed by atoms with van der Waals surface area (Å²) in [6.07, 6.45) is 2.07. The fourth-order valence-electron chi connectivity index (χ4n) is 1.91. The van der Waals surface area contributed by atoms with Crippen molar-refractivity contribution in [3.8, 4) is 5.75 Å². The van der Waals surface area contributed by atoms with Gasteiger partial charge in [-0.15, -0.1) is 0 Å². The van der Waals surface area contributed by atoms with E-state index in [1.807, 2.05) is 0 Å². The number of phenols is 1. The van der Waals surface area contributed by atoms with E-state index in [1.54, 1.807) is 12.1 Å². The first kappa shape index (κ1) is 14.6. The summed E-state index contributed by atoms with van der Waals surface area (Å²) in [6, 6.07) is 9.31. The molecule has 1 amide bonds. The summed E-state index contributed by atoms with van der Waals surface area (Å²) in [5, 5.41) is 18.2.